The fraction of sp³-hybridized carbons (Fsp3) is 0. The van der Waals surface area contributed by atoms with Gasteiger partial charge in [-0.25, -0.2) is 9.97 Å². The number of aromatic nitrogens is 4. The number of imidazole rings is 1. The number of rotatable bonds is 1. The second-order valence-corrected chi connectivity index (χ2v) is 3.17. The SMILES string of the molecule is Cl.Cl.Cl.c1ccc(-c2cn3cccnc3n2)nc1. The summed E-state index contributed by atoms with van der Waals surface area (Å²) in [6.07, 6.45) is 7.32. The molecule has 3 aromatic rings. The molecule has 0 atom stereocenters. The van der Waals surface area contributed by atoms with Gasteiger partial charge in [-0.2, -0.15) is 0 Å². The van der Waals surface area contributed by atoms with Crippen LogP contribution in [0.1, 0.15) is 0 Å². The van der Waals surface area contributed by atoms with E-state index >= 15 is 0 Å². The van der Waals surface area contributed by atoms with Gasteiger partial charge in [-0.15, -0.1) is 37.2 Å². The Bertz CT molecular complexity index is 564. The van der Waals surface area contributed by atoms with Gasteiger partial charge in [-0.1, -0.05) is 6.07 Å². The quantitative estimate of drug-likeness (QED) is 0.694. The molecule has 0 radical (unpaired) electrons. The number of hydrogen-bond acceptors (Lipinski definition) is 3. The van der Waals surface area contributed by atoms with Gasteiger partial charge in [0.1, 0.15) is 5.69 Å². The van der Waals surface area contributed by atoms with E-state index in [1.165, 1.54) is 0 Å². The predicted octanol–water partition coefficient (Wildman–Crippen LogP) is 3.06. The van der Waals surface area contributed by atoms with E-state index in [9.17, 15) is 0 Å². The molecule has 0 aliphatic rings. The summed E-state index contributed by atoms with van der Waals surface area (Å²) in [5.74, 6) is 0.693. The summed E-state index contributed by atoms with van der Waals surface area (Å²) in [5, 5.41) is 0. The van der Waals surface area contributed by atoms with E-state index in [1.54, 1.807) is 12.4 Å². The number of fused-ring (bicyclic) bond motifs is 1. The molecule has 3 aromatic heterocycles. The monoisotopic (exact) mass is 304 g/mol. The van der Waals surface area contributed by atoms with Crippen LogP contribution >= 0.6 is 37.2 Å². The predicted molar refractivity (Wildman–Crippen MR) is 78.0 cm³/mol. The maximum absolute atomic E-state index is 4.37. The van der Waals surface area contributed by atoms with Crippen molar-refractivity contribution >= 4 is 43.0 Å². The third-order valence-electron chi connectivity index (χ3n) is 2.16. The first kappa shape index (κ1) is 16.6. The fourth-order valence-corrected chi connectivity index (χ4v) is 1.47. The van der Waals surface area contributed by atoms with Crippen molar-refractivity contribution < 1.29 is 0 Å². The number of nitrogens with zero attached hydrogens (tertiary/aromatic N) is 4. The zero-order chi connectivity index (χ0) is 10.1. The van der Waals surface area contributed by atoms with Crippen molar-refractivity contribution in [3.8, 4) is 11.4 Å². The molecule has 0 aromatic carbocycles. The molecule has 7 heteroatoms. The van der Waals surface area contributed by atoms with Crippen molar-refractivity contribution in [2.75, 3.05) is 0 Å². The minimum atomic E-state index is 0. The Morgan fingerprint density at radius 3 is 2.28 bits per heavy atom. The highest BCUT2D eigenvalue weighted by molar-refractivity contribution is 5.86. The Morgan fingerprint density at radius 2 is 1.61 bits per heavy atom. The Kier molecular flexibility index (Phi) is 6.62. The molecule has 0 aliphatic heterocycles. The zero-order valence-electron chi connectivity index (χ0n) is 9.13. The molecule has 0 bridgehead atoms. The van der Waals surface area contributed by atoms with Crippen molar-refractivity contribution in [2.24, 2.45) is 0 Å². The zero-order valence-corrected chi connectivity index (χ0v) is 11.6. The molecular formula is C11H11Cl3N4. The van der Waals surface area contributed by atoms with Crippen LogP contribution in [0.3, 0.4) is 0 Å². The molecule has 0 amide bonds. The van der Waals surface area contributed by atoms with Crippen molar-refractivity contribution in [1.29, 1.82) is 0 Å². The van der Waals surface area contributed by atoms with Gasteiger partial charge in [0.05, 0.1) is 5.69 Å². The third kappa shape index (κ3) is 3.10. The van der Waals surface area contributed by atoms with E-state index in [0.717, 1.165) is 11.4 Å². The number of hydrogen-bond donors (Lipinski definition) is 0. The van der Waals surface area contributed by atoms with Crippen LogP contribution in [0.5, 0.6) is 0 Å². The average molecular weight is 306 g/mol. The van der Waals surface area contributed by atoms with Crippen LogP contribution in [0.2, 0.25) is 0 Å². The summed E-state index contributed by atoms with van der Waals surface area (Å²) in [5.41, 5.74) is 1.71. The van der Waals surface area contributed by atoms with Crippen LogP contribution in [-0.4, -0.2) is 19.4 Å². The van der Waals surface area contributed by atoms with Gasteiger partial charge in [0.15, 0.2) is 0 Å². The standard InChI is InChI=1S/C11H8N4.3ClH/c1-2-5-12-9(4-1)10-8-15-7-3-6-13-11(15)14-10;;;/h1-8H;3*1H. The second-order valence-electron chi connectivity index (χ2n) is 3.17. The lowest BCUT2D eigenvalue weighted by Crippen LogP contribution is -1.83. The average Bonchev–Trinajstić information content (AvgIpc) is 2.74. The van der Waals surface area contributed by atoms with Crippen LogP contribution in [0.4, 0.5) is 0 Å². The smallest absolute Gasteiger partial charge is 0.234 e. The maximum Gasteiger partial charge on any atom is 0.234 e. The Balaban J connectivity index is 0.000000963. The van der Waals surface area contributed by atoms with Crippen molar-refractivity contribution in [1.82, 2.24) is 19.4 Å². The Labute approximate surface area is 123 Å². The summed E-state index contributed by atoms with van der Waals surface area (Å²) in [4.78, 5) is 12.8. The molecule has 0 fully saturated rings. The molecule has 18 heavy (non-hydrogen) atoms. The van der Waals surface area contributed by atoms with Gasteiger partial charge in [0.25, 0.3) is 0 Å². The van der Waals surface area contributed by atoms with E-state index in [1.807, 2.05) is 41.1 Å². The highest BCUT2D eigenvalue weighted by atomic mass is 35.5. The maximum atomic E-state index is 4.37. The minimum Gasteiger partial charge on any atom is -0.290 e. The highest BCUT2D eigenvalue weighted by Gasteiger charge is 2.04. The summed E-state index contributed by atoms with van der Waals surface area (Å²) >= 11 is 0. The van der Waals surface area contributed by atoms with Gasteiger partial charge in [-0.3, -0.25) is 9.38 Å². The minimum absolute atomic E-state index is 0. The molecule has 4 nitrogen and oxygen atoms in total. The van der Waals surface area contributed by atoms with Crippen LogP contribution in [-0.2, 0) is 0 Å². The third-order valence-corrected chi connectivity index (χ3v) is 2.16. The topological polar surface area (TPSA) is 43.1 Å². The lowest BCUT2D eigenvalue weighted by Gasteiger charge is -1.91. The molecular weight excluding hydrogens is 295 g/mol. The van der Waals surface area contributed by atoms with E-state index in [-0.39, 0.29) is 37.2 Å². The number of pyridine rings is 1. The van der Waals surface area contributed by atoms with Gasteiger partial charge in [0, 0.05) is 24.8 Å². The van der Waals surface area contributed by atoms with Crippen LogP contribution in [0, 0.1) is 0 Å². The lowest BCUT2D eigenvalue weighted by atomic mass is 10.3. The van der Waals surface area contributed by atoms with Crippen LogP contribution in [0.25, 0.3) is 17.2 Å². The molecule has 0 saturated heterocycles. The molecule has 0 spiro atoms. The van der Waals surface area contributed by atoms with E-state index in [2.05, 4.69) is 15.0 Å². The summed E-state index contributed by atoms with van der Waals surface area (Å²) in [6, 6.07) is 7.63. The molecule has 0 N–H and O–H groups in total. The molecule has 0 saturated carbocycles. The van der Waals surface area contributed by atoms with Crippen LogP contribution < -0.4 is 0 Å². The first-order chi connectivity index (χ1) is 7.43. The molecule has 3 heterocycles. The molecule has 0 unspecified atom stereocenters. The Morgan fingerprint density at radius 1 is 0.833 bits per heavy atom. The van der Waals surface area contributed by atoms with E-state index < -0.39 is 0 Å². The molecule has 96 valence electrons. The fourth-order valence-electron chi connectivity index (χ4n) is 1.47. The second kappa shape index (κ2) is 7.16. The highest BCUT2D eigenvalue weighted by Crippen LogP contribution is 2.14. The van der Waals surface area contributed by atoms with Gasteiger partial charge in [-0.05, 0) is 18.2 Å². The Hall–Kier alpha value is -1.36. The van der Waals surface area contributed by atoms with Gasteiger partial charge < -0.3 is 0 Å². The van der Waals surface area contributed by atoms with Crippen molar-refractivity contribution in [2.45, 2.75) is 0 Å². The summed E-state index contributed by atoms with van der Waals surface area (Å²) < 4.78 is 1.88. The van der Waals surface area contributed by atoms with Crippen molar-refractivity contribution in [3.05, 3.63) is 49.1 Å². The summed E-state index contributed by atoms with van der Waals surface area (Å²) in [6.45, 7) is 0. The number of halogens is 3. The normalized spacial score (nSPS) is 8.89. The lowest BCUT2D eigenvalue weighted by molar-refractivity contribution is 1.11. The van der Waals surface area contributed by atoms with Crippen molar-refractivity contribution in [3.63, 3.8) is 0 Å². The largest absolute Gasteiger partial charge is 0.290 e. The first-order valence-corrected chi connectivity index (χ1v) is 4.64. The van der Waals surface area contributed by atoms with Gasteiger partial charge >= 0.3 is 0 Å². The first-order valence-electron chi connectivity index (χ1n) is 4.64. The van der Waals surface area contributed by atoms with Gasteiger partial charge in [0.2, 0.25) is 5.78 Å². The van der Waals surface area contributed by atoms with Crippen LogP contribution in [0.15, 0.2) is 49.1 Å². The van der Waals surface area contributed by atoms with E-state index in [4.69, 9.17) is 0 Å². The van der Waals surface area contributed by atoms with E-state index in [0.29, 0.717) is 5.78 Å². The molecule has 0 aliphatic carbocycles. The summed E-state index contributed by atoms with van der Waals surface area (Å²) in [7, 11) is 0. The molecule has 3 rings (SSSR count).